The van der Waals surface area contributed by atoms with Crippen LogP contribution < -0.4 is 0 Å². The van der Waals surface area contributed by atoms with Crippen LogP contribution >= 0.6 is 23.2 Å². The first kappa shape index (κ1) is 31.6. The molecule has 0 radical (unpaired) electrons. The molecule has 0 aromatic carbocycles. The van der Waals surface area contributed by atoms with Crippen molar-refractivity contribution >= 4 is 23.2 Å². The molecular weight excluding hydrogens is 640 g/mol. The zero-order chi connectivity index (χ0) is 27.8. The number of hydrogen-bond acceptors (Lipinski definition) is 6. The fourth-order valence-corrected chi connectivity index (χ4v) is 3.78. The van der Waals surface area contributed by atoms with E-state index in [-0.39, 0.29) is 19.5 Å². The molecule has 0 saturated heterocycles. The van der Waals surface area contributed by atoms with E-state index < -0.39 is 0 Å². The zero-order valence-corrected chi connectivity index (χ0v) is 25.2. The summed E-state index contributed by atoms with van der Waals surface area (Å²) in [6.07, 6.45) is 10.5. The molecule has 41 heavy (non-hydrogen) atoms. The maximum absolute atomic E-state index is 5.78. The van der Waals surface area contributed by atoms with E-state index in [9.17, 15) is 0 Å². The van der Waals surface area contributed by atoms with Gasteiger partial charge in [-0.2, -0.15) is 0 Å². The van der Waals surface area contributed by atoms with Crippen LogP contribution in [0.1, 0.15) is 11.1 Å². The zero-order valence-electron chi connectivity index (χ0n) is 21.9. The van der Waals surface area contributed by atoms with Gasteiger partial charge in [-0.25, -0.2) is 0 Å². The summed E-state index contributed by atoms with van der Waals surface area (Å²) in [6, 6.07) is 30.8. The minimum absolute atomic E-state index is 0. The van der Waals surface area contributed by atoms with E-state index >= 15 is 0 Å². The summed E-state index contributed by atoms with van der Waals surface area (Å²) in [5.74, 6) is 0.954. The molecule has 0 saturated carbocycles. The third kappa shape index (κ3) is 10.2. The van der Waals surface area contributed by atoms with Crippen LogP contribution in [0.3, 0.4) is 0 Å². The Labute approximate surface area is 262 Å². The fraction of sp³-hybridized carbons (Fsp3) is 0.0625. The third-order valence-electron chi connectivity index (χ3n) is 5.40. The topological polar surface area (TPSA) is 77.3 Å². The minimum atomic E-state index is 0. The van der Waals surface area contributed by atoms with Crippen molar-refractivity contribution in [2.75, 3.05) is 0 Å². The standard InChI is InChI=1S/C12H10Cl2N2.2C10H8N2.Ru/c13-7-9-1-3-15-11(5-9)12-6-10(8-14)2-4-16-12;2*1-3-7-11-9(5-1)10-6-2-4-8-12-10;/h1-6H,7-8H2;2*1-8H;. The first-order valence-corrected chi connectivity index (χ1v) is 13.5. The van der Waals surface area contributed by atoms with Gasteiger partial charge in [0.25, 0.3) is 0 Å². The molecule has 0 N–H and O–H groups in total. The van der Waals surface area contributed by atoms with E-state index in [1.807, 2.05) is 97.1 Å². The van der Waals surface area contributed by atoms with Crippen LogP contribution in [0, 0.1) is 0 Å². The van der Waals surface area contributed by atoms with Gasteiger partial charge in [0, 0.05) is 68.4 Å². The molecule has 206 valence electrons. The van der Waals surface area contributed by atoms with E-state index in [0.717, 1.165) is 45.3 Å². The summed E-state index contributed by atoms with van der Waals surface area (Å²) in [5, 5.41) is 0. The summed E-state index contributed by atoms with van der Waals surface area (Å²) in [4.78, 5) is 25.3. The Hall–Kier alpha value is -3.90. The maximum Gasteiger partial charge on any atom is 0.0889 e. The Morgan fingerprint density at radius 2 is 0.659 bits per heavy atom. The Morgan fingerprint density at radius 1 is 0.366 bits per heavy atom. The third-order valence-corrected chi connectivity index (χ3v) is 6.02. The summed E-state index contributed by atoms with van der Waals surface area (Å²) < 4.78 is 0. The van der Waals surface area contributed by atoms with E-state index in [1.54, 1.807) is 37.2 Å². The molecular formula is C32H26Cl2N6Ru. The van der Waals surface area contributed by atoms with Gasteiger partial charge in [-0.3, -0.25) is 29.9 Å². The van der Waals surface area contributed by atoms with Crippen molar-refractivity contribution in [1.29, 1.82) is 0 Å². The average molecular weight is 667 g/mol. The Bertz CT molecular complexity index is 1370. The molecule has 0 bridgehead atoms. The predicted molar refractivity (Wildman–Crippen MR) is 162 cm³/mol. The minimum Gasteiger partial charge on any atom is -0.255 e. The molecule has 9 heteroatoms. The van der Waals surface area contributed by atoms with Crippen LogP contribution in [0.5, 0.6) is 0 Å². The van der Waals surface area contributed by atoms with Gasteiger partial charge >= 0.3 is 0 Å². The van der Waals surface area contributed by atoms with E-state index in [2.05, 4.69) is 29.9 Å². The van der Waals surface area contributed by atoms with Crippen molar-refractivity contribution in [3.63, 3.8) is 0 Å². The largest absolute Gasteiger partial charge is 0.255 e. The summed E-state index contributed by atoms with van der Waals surface area (Å²) in [5.41, 5.74) is 7.37. The second-order valence-corrected chi connectivity index (χ2v) is 8.76. The van der Waals surface area contributed by atoms with Gasteiger partial charge < -0.3 is 0 Å². The van der Waals surface area contributed by atoms with Crippen LogP contribution in [-0.4, -0.2) is 29.9 Å². The maximum atomic E-state index is 5.78. The van der Waals surface area contributed by atoms with Crippen molar-refractivity contribution in [2.24, 2.45) is 0 Å². The molecule has 6 rings (SSSR count). The predicted octanol–water partition coefficient (Wildman–Crippen LogP) is 7.91. The number of alkyl halides is 2. The molecule has 0 amide bonds. The molecule has 6 nitrogen and oxygen atoms in total. The first-order chi connectivity index (χ1) is 19.8. The monoisotopic (exact) mass is 666 g/mol. The quantitative estimate of drug-likeness (QED) is 0.138. The van der Waals surface area contributed by atoms with Crippen LogP contribution in [0.25, 0.3) is 34.2 Å². The summed E-state index contributed by atoms with van der Waals surface area (Å²) in [7, 11) is 0. The van der Waals surface area contributed by atoms with Crippen molar-refractivity contribution in [2.45, 2.75) is 11.8 Å². The van der Waals surface area contributed by atoms with E-state index in [0.29, 0.717) is 11.8 Å². The van der Waals surface area contributed by atoms with Gasteiger partial charge in [-0.1, -0.05) is 24.3 Å². The molecule has 0 unspecified atom stereocenters. The van der Waals surface area contributed by atoms with Gasteiger partial charge in [0.05, 0.1) is 34.2 Å². The second-order valence-electron chi connectivity index (χ2n) is 8.23. The molecule has 0 aliphatic rings. The normalized spacial score (nSPS) is 9.71. The Kier molecular flexibility index (Phi) is 13.7. The molecule has 0 atom stereocenters. The van der Waals surface area contributed by atoms with Crippen LogP contribution in [0.4, 0.5) is 0 Å². The molecule has 6 aromatic rings. The van der Waals surface area contributed by atoms with Gasteiger partial charge in [-0.05, 0) is 83.9 Å². The molecule has 0 fully saturated rings. The van der Waals surface area contributed by atoms with E-state index in [1.165, 1.54) is 0 Å². The first-order valence-electron chi connectivity index (χ1n) is 12.4. The molecule has 0 spiro atoms. The molecule has 6 heterocycles. The van der Waals surface area contributed by atoms with Gasteiger partial charge in [0.15, 0.2) is 0 Å². The van der Waals surface area contributed by atoms with Gasteiger partial charge in [0.1, 0.15) is 0 Å². The van der Waals surface area contributed by atoms with Gasteiger partial charge in [-0.15, -0.1) is 23.2 Å². The van der Waals surface area contributed by atoms with Crippen molar-refractivity contribution < 1.29 is 19.5 Å². The SMILES string of the molecule is ClCc1ccnc(-c2cc(CCl)ccn2)c1.[Ru].c1ccc(-c2ccccn2)nc1.c1ccc(-c2ccccn2)nc1. The number of rotatable bonds is 5. The van der Waals surface area contributed by atoms with Crippen LogP contribution in [-0.2, 0) is 31.2 Å². The van der Waals surface area contributed by atoms with Crippen LogP contribution in [0.2, 0.25) is 0 Å². The summed E-state index contributed by atoms with van der Waals surface area (Å²) >= 11 is 11.6. The van der Waals surface area contributed by atoms with Crippen molar-refractivity contribution in [3.05, 3.63) is 145 Å². The van der Waals surface area contributed by atoms with E-state index in [4.69, 9.17) is 23.2 Å². The Morgan fingerprint density at radius 3 is 0.902 bits per heavy atom. The van der Waals surface area contributed by atoms with Crippen LogP contribution in [0.15, 0.2) is 134 Å². The second kappa shape index (κ2) is 17.7. The number of nitrogens with zero attached hydrogens (tertiary/aromatic N) is 6. The summed E-state index contributed by atoms with van der Waals surface area (Å²) in [6.45, 7) is 0. The van der Waals surface area contributed by atoms with Gasteiger partial charge in [0.2, 0.25) is 0 Å². The number of hydrogen-bond donors (Lipinski definition) is 0. The number of aromatic nitrogens is 6. The number of halogens is 2. The van der Waals surface area contributed by atoms with Crippen molar-refractivity contribution in [3.8, 4) is 34.2 Å². The number of pyridine rings is 6. The average Bonchev–Trinajstić information content (AvgIpc) is 3.07. The smallest absolute Gasteiger partial charge is 0.0889 e. The Balaban J connectivity index is 0.000000169. The molecule has 0 aliphatic carbocycles. The molecule has 6 aromatic heterocycles. The fourth-order valence-electron chi connectivity index (χ4n) is 3.45. The van der Waals surface area contributed by atoms with Crippen molar-refractivity contribution in [1.82, 2.24) is 29.9 Å². The molecule has 0 aliphatic heterocycles.